The second-order valence-electron chi connectivity index (χ2n) is 9.69. The highest BCUT2D eigenvalue weighted by molar-refractivity contribution is 7.80. The molecule has 33 heavy (non-hydrogen) atoms. The van der Waals surface area contributed by atoms with E-state index in [0.717, 1.165) is 53.4 Å². The number of amidine groups is 1. The fourth-order valence-corrected chi connectivity index (χ4v) is 6.26. The molecule has 168 valence electrons. The van der Waals surface area contributed by atoms with Crippen molar-refractivity contribution < 1.29 is 0 Å². The van der Waals surface area contributed by atoms with Crippen molar-refractivity contribution in [1.29, 1.82) is 0 Å². The lowest BCUT2D eigenvalue weighted by Gasteiger charge is -2.36. The van der Waals surface area contributed by atoms with Crippen LogP contribution in [0.3, 0.4) is 0 Å². The molecule has 1 aliphatic heterocycles. The minimum atomic E-state index is 0.0982. The molecule has 0 saturated carbocycles. The average molecular weight is 456 g/mol. The first-order chi connectivity index (χ1) is 16.1. The van der Waals surface area contributed by atoms with Crippen LogP contribution in [0.15, 0.2) is 65.4 Å². The summed E-state index contributed by atoms with van der Waals surface area (Å²) in [5.74, 6) is 1.92. The molecule has 0 bridgehead atoms. The highest BCUT2D eigenvalue weighted by Crippen LogP contribution is 2.40. The second kappa shape index (κ2) is 8.10. The van der Waals surface area contributed by atoms with Crippen molar-refractivity contribution in [2.75, 3.05) is 4.90 Å². The number of aromatic amines is 1. The molecular formula is C27H29N5S. The maximum Gasteiger partial charge on any atom is 0.179 e. The van der Waals surface area contributed by atoms with Gasteiger partial charge in [-0.2, -0.15) is 0 Å². The highest BCUT2D eigenvalue weighted by atomic mass is 32.1. The Hall–Kier alpha value is -2.99. The largest absolute Gasteiger partial charge is 0.345 e. The van der Waals surface area contributed by atoms with Crippen molar-refractivity contribution in [3.8, 4) is 0 Å². The van der Waals surface area contributed by atoms with Crippen LogP contribution in [0.25, 0.3) is 11.0 Å². The molecule has 2 aromatic carbocycles. The number of thiocarbonyl (C=S) groups is 1. The van der Waals surface area contributed by atoms with E-state index in [-0.39, 0.29) is 12.1 Å². The first kappa shape index (κ1) is 20.6. The van der Waals surface area contributed by atoms with Gasteiger partial charge in [-0.25, -0.2) is 4.98 Å². The SMILES string of the molecule is CC1=CC(C)C(C2/C(=N/C3CCc4ccccc43)NC(=S)N2c2ccc3[nH]cnc3c2)CC1. The molecule has 1 saturated heterocycles. The summed E-state index contributed by atoms with van der Waals surface area (Å²) in [6, 6.07) is 15.4. The molecule has 1 aromatic heterocycles. The standard InChI is InChI=1S/C27H29N5S/c1-16-7-10-20(17(2)13-16)25-26(30-22-11-8-18-5-3-4-6-21(18)22)31-27(33)32(25)19-9-12-23-24(14-19)29-15-28-23/h3-6,9,12-15,17,20,22,25H,7-8,10-11H2,1-2H3,(H,28,29)(H,30,31,33). The molecule has 5 nitrogen and oxygen atoms in total. The van der Waals surface area contributed by atoms with Gasteiger partial charge in [0.25, 0.3) is 0 Å². The average Bonchev–Trinajstić information content (AvgIpc) is 3.51. The maximum absolute atomic E-state index is 5.92. The van der Waals surface area contributed by atoms with Gasteiger partial charge in [-0.3, -0.25) is 4.99 Å². The number of benzene rings is 2. The van der Waals surface area contributed by atoms with Gasteiger partial charge in [-0.1, -0.05) is 42.8 Å². The Labute approximate surface area is 200 Å². The predicted molar refractivity (Wildman–Crippen MR) is 139 cm³/mol. The van der Waals surface area contributed by atoms with Crippen LogP contribution in [0, 0.1) is 11.8 Å². The number of aryl methyl sites for hydroxylation is 1. The monoisotopic (exact) mass is 455 g/mol. The Bertz CT molecular complexity index is 1290. The number of hydrogen-bond donors (Lipinski definition) is 2. The van der Waals surface area contributed by atoms with Crippen LogP contribution in [0.1, 0.15) is 50.3 Å². The minimum Gasteiger partial charge on any atom is -0.345 e. The van der Waals surface area contributed by atoms with Gasteiger partial charge < -0.3 is 15.2 Å². The molecular weight excluding hydrogens is 426 g/mol. The van der Waals surface area contributed by atoms with E-state index in [4.69, 9.17) is 17.2 Å². The summed E-state index contributed by atoms with van der Waals surface area (Å²) >= 11 is 5.92. The Morgan fingerprint density at radius 3 is 2.88 bits per heavy atom. The first-order valence-electron chi connectivity index (χ1n) is 11.9. The topological polar surface area (TPSA) is 56.3 Å². The third-order valence-corrected chi connectivity index (χ3v) is 7.89. The van der Waals surface area contributed by atoms with Gasteiger partial charge in [0.1, 0.15) is 5.84 Å². The molecule has 4 atom stereocenters. The Morgan fingerprint density at radius 1 is 1.12 bits per heavy atom. The summed E-state index contributed by atoms with van der Waals surface area (Å²) in [6.45, 7) is 4.59. The third kappa shape index (κ3) is 3.57. The summed E-state index contributed by atoms with van der Waals surface area (Å²) in [5.41, 5.74) is 7.34. The van der Waals surface area contributed by atoms with Crippen LogP contribution in [-0.4, -0.2) is 27.0 Å². The van der Waals surface area contributed by atoms with Crippen LogP contribution >= 0.6 is 12.2 Å². The summed E-state index contributed by atoms with van der Waals surface area (Å²) in [5, 5.41) is 4.27. The number of allylic oxidation sites excluding steroid dienone is 2. The van der Waals surface area contributed by atoms with Crippen LogP contribution in [-0.2, 0) is 6.42 Å². The van der Waals surface area contributed by atoms with Crippen LogP contribution in [0.4, 0.5) is 5.69 Å². The van der Waals surface area contributed by atoms with E-state index < -0.39 is 0 Å². The van der Waals surface area contributed by atoms with Crippen molar-refractivity contribution in [3.63, 3.8) is 0 Å². The lowest BCUT2D eigenvalue weighted by atomic mass is 9.77. The Kier molecular flexibility index (Phi) is 5.06. The molecule has 2 N–H and O–H groups in total. The van der Waals surface area contributed by atoms with E-state index in [1.54, 1.807) is 6.33 Å². The normalized spacial score (nSPS) is 28.3. The van der Waals surface area contributed by atoms with E-state index in [1.807, 2.05) is 0 Å². The van der Waals surface area contributed by atoms with E-state index >= 15 is 0 Å². The Morgan fingerprint density at radius 2 is 2.00 bits per heavy atom. The molecule has 2 heterocycles. The molecule has 6 heteroatoms. The minimum absolute atomic E-state index is 0.0982. The van der Waals surface area contributed by atoms with E-state index in [9.17, 15) is 0 Å². The molecule has 3 aliphatic rings. The molecule has 0 amide bonds. The fourth-order valence-electron chi connectivity index (χ4n) is 5.94. The highest BCUT2D eigenvalue weighted by Gasteiger charge is 2.43. The van der Waals surface area contributed by atoms with Crippen molar-refractivity contribution in [3.05, 3.63) is 71.6 Å². The van der Waals surface area contributed by atoms with Gasteiger partial charge in [0, 0.05) is 5.69 Å². The summed E-state index contributed by atoms with van der Waals surface area (Å²) in [7, 11) is 0. The lowest BCUT2D eigenvalue weighted by Crippen LogP contribution is -2.44. The molecule has 0 spiro atoms. The number of fused-ring (bicyclic) bond motifs is 2. The smallest absolute Gasteiger partial charge is 0.179 e. The fraction of sp³-hybridized carbons (Fsp3) is 0.370. The quantitative estimate of drug-likeness (QED) is 0.393. The van der Waals surface area contributed by atoms with Gasteiger partial charge in [0.2, 0.25) is 0 Å². The zero-order chi connectivity index (χ0) is 22.5. The van der Waals surface area contributed by atoms with Crippen molar-refractivity contribution in [2.24, 2.45) is 16.8 Å². The third-order valence-electron chi connectivity index (χ3n) is 7.59. The van der Waals surface area contributed by atoms with Crippen LogP contribution < -0.4 is 10.2 Å². The van der Waals surface area contributed by atoms with Crippen LogP contribution in [0.5, 0.6) is 0 Å². The Balaban J connectivity index is 1.43. The number of imidazole rings is 1. The second-order valence-corrected chi connectivity index (χ2v) is 10.1. The maximum atomic E-state index is 5.92. The van der Waals surface area contributed by atoms with E-state index in [1.165, 1.54) is 16.7 Å². The first-order valence-corrected chi connectivity index (χ1v) is 12.4. The molecule has 3 aromatic rings. The zero-order valence-electron chi connectivity index (χ0n) is 19.1. The number of nitrogens with zero attached hydrogens (tertiary/aromatic N) is 3. The van der Waals surface area contributed by atoms with Crippen molar-refractivity contribution in [1.82, 2.24) is 15.3 Å². The van der Waals surface area contributed by atoms with E-state index in [0.29, 0.717) is 11.8 Å². The molecule has 0 radical (unpaired) electrons. The van der Waals surface area contributed by atoms with E-state index in [2.05, 4.69) is 82.6 Å². The molecule has 4 unspecified atom stereocenters. The number of hydrogen-bond acceptors (Lipinski definition) is 3. The zero-order valence-corrected chi connectivity index (χ0v) is 19.9. The van der Waals surface area contributed by atoms with Gasteiger partial charge in [0.15, 0.2) is 5.11 Å². The van der Waals surface area contributed by atoms with Crippen molar-refractivity contribution in [2.45, 2.75) is 51.6 Å². The number of rotatable bonds is 3. The molecule has 2 aliphatic carbocycles. The van der Waals surface area contributed by atoms with Gasteiger partial charge in [-0.15, -0.1) is 0 Å². The van der Waals surface area contributed by atoms with Gasteiger partial charge >= 0.3 is 0 Å². The number of H-pyrrole nitrogens is 1. The summed E-state index contributed by atoms with van der Waals surface area (Å²) < 4.78 is 0. The number of anilines is 1. The predicted octanol–water partition coefficient (Wildman–Crippen LogP) is 5.70. The van der Waals surface area contributed by atoms with Gasteiger partial charge in [-0.05, 0) is 86.0 Å². The van der Waals surface area contributed by atoms with Crippen molar-refractivity contribution >= 4 is 39.9 Å². The van der Waals surface area contributed by atoms with Crippen LogP contribution in [0.2, 0.25) is 0 Å². The summed E-state index contributed by atoms with van der Waals surface area (Å²) in [6.07, 6.45) is 8.60. The molecule has 1 fully saturated rings. The molecule has 6 rings (SSSR count). The van der Waals surface area contributed by atoms with Gasteiger partial charge in [0.05, 0.1) is 29.4 Å². The summed E-state index contributed by atoms with van der Waals surface area (Å²) in [4.78, 5) is 15.3. The number of nitrogens with one attached hydrogen (secondary N) is 2. The number of aliphatic imine (C=N–C) groups is 1. The lowest BCUT2D eigenvalue weighted by molar-refractivity contribution is 0.352. The number of aromatic nitrogens is 2.